The highest BCUT2D eigenvalue weighted by atomic mass is 31.2. The van der Waals surface area contributed by atoms with E-state index in [4.69, 9.17) is 9.79 Å². The quantitative estimate of drug-likeness (QED) is 0.437. The first-order valence-corrected chi connectivity index (χ1v) is 12.1. The number of aromatic nitrogens is 4. The lowest BCUT2D eigenvalue weighted by Crippen LogP contribution is -2.08. The van der Waals surface area contributed by atoms with E-state index in [0.717, 1.165) is 0 Å². The number of imidazole rings is 1. The SMILES string of the molecule is Cc1nc(Nc2ccc(P(=O)(O)CP(=O)(O)O)cc2)c2ncn(C(C)C)c2n1. The zero-order valence-corrected chi connectivity index (χ0v) is 17.3. The van der Waals surface area contributed by atoms with Crippen LogP contribution in [0.5, 0.6) is 0 Å². The summed E-state index contributed by atoms with van der Waals surface area (Å²) in [7, 11) is -8.77. The van der Waals surface area contributed by atoms with Crippen molar-refractivity contribution in [1.29, 1.82) is 0 Å². The van der Waals surface area contributed by atoms with Crippen LogP contribution in [0.25, 0.3) is 11.2 Å². The van der Waals surface area contributed by atoms with E-state index in [9.17, 15) is 14.0 Å². The number of rotatable bonds is 6. The van der Waals surface area contributed by atoms with Gasteiger partial charge in [-0.05, 0) is 45.0 Å². The lowest BCUT2D eigenvalue weighted by atomic mass is 10.3. The lowest BCUT2D eigenvalue weighted by Gasteiger charge is -2.14. The summed E-state index contributed by atoms with van der Waals surface area (Å²) in [4.78, 5) is 41.1. The van der Waals surface area contributed by atoms with Crippen LogP contribution < -0.4 is 10.6 Å². The molecule has 28 heavy (non-hydrogen) atoms. The van der Waals surface area contributed by atoms with Crippen molar-refractivity contribution >= 4 is 42.9 Å². The van der Waals surface area contributed by atoms with E-state index in [1.807, 2.05) is 18.4 Å². The van der Waals surface area contributed by atoms with Crippen molar-refractivity contribution in [2.75, 3.05) is 11.2 Å². The Balaban J connectivity index is 1.91. The summed E-state index contributed by atoms with van der Waals surface area (Å²) in [6.07, 6.45) is 1.70. The van der Waals surface area contributed by atoms with E-state index in [-0.39, 0.29) is 11.3 Å². The highest BCUT2D eigenvalue weighted by Gasteiger charge is 2.31. The van der Waals surface area contributed by atoms with Crippen LogP contribution in [0.1, 0.15) is 25.7 Å². The van der Waals surface area contributed by atoms with Gasteiger partial charge in [0.2, 0.25) is 7.37 Å². The number of fused-ring (bicyclic) bond motifs is 1. The van der Waals surface area contributed by atoms with Crippen LogP contribution in [0.2, 0.25) is 0 Å². The number of hydrogen-bond donors (Lipinski definition) is 4. The van der Waals surface area contributed by atoms with Gasteiger partial charge in [0.05, 0.1) is 6.33 Å². The van der Waals surface area contributed by atoms with Crippen LogP contribution in [-0.2, 0) is 9.13 Å². The summed E-state index contributed by atoms with van der Waals surface area (Å²) in [5, 5.41) is 3.08. The number of hydrogen-bond acceptors (Lipinski definition) is 6. The lowest BCUT2D eigenvalue weighted by molar-refractivity contribution is 0.376. The van der Waals surface area contributed by atoms with E-state index in [1.165, 1.54) is 12.1 Å². The number of nitrogens with zero attached hydrogens (tertiary/aromatic N) is 4. The molecule has 10 nitrogen and oxygen atoms in total. The summed E-state index contributed by atoms with van der Waals surface area (Å²) in [5.41, 5.74) is 1.87. The molecule has 3 aromatic rings. The summed E-state index contributed by atoms with van der Waals surface area (Å²) in [6.45, 7) is 5.82. The van der Waals surface area contributed by atoms with E-state index < -0.39 is 20.9 Å². The average Bonchev–Trinajstić information content (AvgIpc) is 2.97. The molecule has 0 spiro atoms. The smallest absolute Gasteiger partial charge is 0.335 e. The van der Waals surface area contributed by atoms with Gasteiger partial charge in [-0.1, -0.05) is 0 Å². The molecule has 1 unspecified atom stereocenters. The fraction of sp³-hybridized carbons (Fsp3) is 0.312. The maximum absolute atomic E-state index is 12.2. The maximum atomic E-state index is 12.2. The van der Waals surface area contributed by atoms with E-state index in [1.54, 1.807) is 25.4 Å². The normalized spacial score (nSPS) is 14.4. The zero-order valence-electron chi connectivity index (χ0n) is 15.5. The molecule has 12 heteroatoms. The van der Waals surface area contributed by atoms with Gasteiger partial charge < -0.3 is 24.6 Å². The molecule has 4 N–H and O–H groups in total. The van der Waals surface area contributed by atoms with Crippen molar-refractivity contribution in [2.24, 2.45) is 0 Å². The van der Waals surface area contributed by atoms with E-state index in [0.29, 0.717) is 28.5 Å². The van der Waals surface area contributed by atoms with Crippen molar-refractivity contribution in [3.8, 4) is 0 Å². The maximum Gasteiger partial charge on any atom is 0.335 e. The molecule has 3 rings (SSSR count). The minimum atomic E-state index is -4.61. The minimum Gasteiger partial charge on any atom is -0.341 e. The van der Waals surface area contributed by atoms with Crippen LogP contribution in [0.3, 0.4) is 0 Å². The molecule has 0 aliphatic heterocycles. The summed E-state index contributed by atoms with van der Waals surface area (Å²) in [5.74, 6) is -0.0296. The summed E-state index contributed by atoms with van der Waals surface area (Å²) < 4.78 is 25.2. The molecule has 0 radical (unpaired) electrons. The monoisotopic (exact) mass is 425 g/mol. The first-order valence-electron chi connectivity index (χ1n) is 8.41. The number of anilines is 2. The Morgan fingerprint density at radius 2 is 1.75 bits per heavy atom. The van der Waals surface area contributed by atoms with E-state index >= 15 is 0 Å². The van der Waals surface area contributed by atoms with Crippen LogP contribution >= 0.6 is 15.0 Å². The van der Waals surface area contributed by atoms with Crippen LogP contribution in [0.15, 0.2) is 30.6 Å². The van der Waals surface area contributed by atoms with Gasteiger partial charge in [0.1, 0.15) is 11.7 Å². The fourth-order valence-electron chi connectivity index (χ4n) is 2.74. The molecule has 2 aromatic heterocycles. The standard InChI is InChI=1S/C16H21N5O5P2/c1-10(2)21-8-17-14-15(18-11(3)19-16(14)21)20-12-4-6-13(7-5-12)27(22,23)9-28(24,25)26/h4-8,10H,9H2,1-3H3,(H,22,23)(H,18,19,20)(H2,24,25,26). The van der Waals surface area contributed by atoms with Crippen LogP contribution in [0, 0.1) is 6.92 Å². The van der Waals surface area contributed by atoms with Gasteiger partial charge in [-0.2, -0.15) is 0 Å². The Hall–Kier alpha value is -2.09. The predicted molar refractivity (Wildman–Crippen MR) is 107 cm³/mol. The van der Waals surface area contributed by atoms with Crippen molar-refractivity contribution < 1.29 is 23.8 Å². The Kier molecular flexibility index (Phi) is 5.44. The Labute approximate surface area is 161 Å². The van der Waals surface area contributed by atoms with Crippen molar-refractivity contribution in [2.45, 2.75) is 26.8 Å². The van der Waals surface area contributed by atoms with Crippen molar-refractivity contribution in [3.63, 3.8) is 0 Å². The highest BCUT2D eigenvalue weighted by Crippen LogP contribution is 2.53. The molecule has 1 aromatic carbocycles. The highest BCUT2D eigenvalue weighted by molar-refractivity contribution is 7.77. The Morgan fingerprint density at radius 3 is 2.32 bits per heavy atom. The van der Waals surface area contributed by atoms with E-state index in [2.05, 4.69) is 20.3 Å². The molecule has 0 aliphatic rings. The fourth-order valence-corrected chi connectivity index (χ4v) is 6.00. The third-order valence-corrected chi connectivity index (χ3v) is 8.11. The van der Waals surface area contributed by atoms with Gasteiger partial charge in [-0.25, -0.2) is 15.0 Å². The van der Waals surface area contributed by atoms with Gasteiger partial charge in [0.15, 0.2) is 17.0 Å². The molecular formula is C16H21N5O5P2. The number of benzene rings is 1. The molecule has 1 atom stereocenters. The number of aryl methyl sites for hydroxylation is 1. The second-order valence-electron chi connectivity index (χ2n) is 6.72. The van der Waals surface area contributed by atoms with Gasteiger partial charge in [0, 0.05) is 17.0 Å². The first kappa shape index (κ1) is 20.6. The molecular weight excluding hydrogens is 404 g/mol. The molecule has 0 saturated carbocycles. The second-order valence-corrected chi connectivity index (χ2v) is 11.1. The molecule has 0 amide bonds. The average molecular weight is 425 g/mol. The molecule has 2 heterocycles. The van der Waals surface area contributed by atoms with Crippen molar-refractivity contribution in [1.82, 2.24) is 19.5 Å². The topological polar surface area (TPSA) is 150 Å². The third-order valence-electron chi connectivity index (χ3n) is 4.00. The second kappa shape index (κ2) is 7.39. The third kappa shape index (κ3) is 4.48. The molecule has 0 fully saturated rings. The Morgan fingerprint density at radius 1 is 1.11 bits per heavy atom. The predicted octanol–water partition coefficient (Wildman–Crippen LogP) is 2.49. The molecule has 0 saturated heterocycles. The largest absolute Gasteiger partial charge is 0.341 e. The molecule has 0 aliphatic carbocycles. The molecule has 0 bridgehead atoms. The summed E-state index contributed by atoms with van der Waals surface area (Å²) >= 11 is 0. The van der Waals surface area contributed by atoms with Gasteiger partial charge >= 0.3 is 7.60 Å². The first-order chi connectivity index (χ1) is 13.0. The summed E-state index contributed by atoms with van der Waals surface area (Å²) in [6, 6.07) is 5.98. The van der Waals surface area contributed by atoms with Crippen LogP contribution in [-0.4, -0.2) is 40.1 Å². The zero-order chi connectivity index (χ0) is 20.7. The van der Waals surface area contributed by atoms with Gasteiger partial charge in [-0.3, -0.25) is 9.13 Å². The van der Waals surface area contributed by atoms with Crippen molar-refractivity contribution in [3.05, 3.63) is 36.4 Å². The Bertz CT molecular complexity index is 1110. The van der Waals surface area contributed by atoms with Gasteiger partial charge in [-0.15, -0.1) is 0 Å². The molecule has 150 valence electrons. The van der Waals surface area contributed by atoms with Crippen LogP contribution in [0.4, 0.5) is 11.5 Å². The minimum absolute atomic E-state index is 0.0329. The number of nitrogens with one attached hydrogen (secondary N) is 1. The van der Waals surface area contributed by atoms with Gasteiger partial charge in [0.25, 0.3) is 0 Å².